The number of benzene rings is 1. The van der Waals surface area contributed by atoms with E-state index in [9.17, 15) is 4.21 Å². The summed E-state index contributed by atoms with van der Waals surface area (Å²) >= 11 is 0. The van der Waals surface area contributed by atoms with Crippen molar-refractivity contribution in [2.45, 2.75) is 0 Å². The zero-order valence-corrected chi connectivity index (χ0v) is 8.51. The van der Waals surface area contributed by atoms with Crippen LogP contribution < -0.4 is 4.74 Å². The molecule has 0 heterocycles. The van der Waals surface area contributed by atoms with Crippen LogP contribution in [0, 0.1) is 0 Å². The Bertz CT molecular complexity index is 314. The van der Waals surface area contributed by atoms with E-state index in [2.05, 4.69) is 0 Å². The lowest BCUT2D eigenvalue weighted by molar-refractivity contribution is 0.415. The monoisotopic (exact) mass is 196 g/mol. The zero-order chi connectivity index (χ0) is 9.68. The Morgan fingerprint density at radius 3 is 2.38 bits per heavy atom. The van der Waals surface area contributed by atoms with E-state index in [1.165, 1.54) is 0 Å². The maximum atomic E-state index is 10.7. The second-order valence-corrected chi connectivity index (χ2v) is 3.84. The highest BCUT2D eigenvalue weighted by Crippen LogP contribution is 2.12. The predicted molar refractivity (Wildman–Crippen MR) is 56.1 cm³/mol. The molecule has 0 aliphatic carbocycles. The number of hydrogen-bond acceptors (Lipinski definition) is 2. The largest absolute Gasteiger partial charge is 0.497 e. The Labute approximate surface area is 80.7 Å². The van der Waals surface area contributed by atoms with Crippen LogP contribution in [-0.4, -0.2) is 17.6 Å². The Morgan fingerprint density at radius 2 is 1.92 bits per heavy atom. The van der Waals surface area contributed by atoms with Crippen LogP contribution in [0.1, 0.15) is 5.56 Å². The average molecular weight is 196 g/mol. The minimum Gasteiger partial charge on any atom is -0.497 e. The fourth-order valence-corrected chi connectivity index (χ4v) is 1.24. The third-order valence-corrected chi connectivity index (χ3v) is 2.09. The van der Waals surface area contributed by atoms with Crippen LogP contribution >= 0.6 is 0 Å². The number of hydrogen-bond donors (Lipinski definition) is 0. The minimum absolute atomic E-state index is 0.828. The first-order chi connectivity index (χ1) is 6.22. The Hall–Kier alpha value is -1.09. The van der Waals surface area contributed by atoms with E-state index in [1.54, 1.807) is 18.8 Å². The van der Waals surface area contributed by atoms with E-state index in [0.29, 0.717) is 0 Å². The molecular weight excluding hydrogens is 184 g/mol. The van der Waals surface area contributed by atoms with Gasteiger partial charge in [-0.2, -0.15) is 0 Å². The molecule has 0 saturated heterocycles. The molecule has 1 aromatic carbocycles. The van der Waals surface area contributed by atoms with Gasteiger partial charge in [0.05, 0.1) is 7.11 Å². The minimum atomic E-state index is -0.885. The maximum Gasteiger partial charge on any atom is 0.118 e. The van der Waals surface area contributed by atoms with Crippen molar-refractivity contribution in [3.05, 3.63) is 35.2 Å². The molecule has 1 aromatic rings. The van der Waals surface area contributed by atoms with E-state index in [4.69, 9.17) is 4.74 Å². The van der Waals surface area contributed by atoms with Gasteiger partial charge in [-0.15, -0.1) is 0 Å². The molecule has 0 N–H and O–H groups in total. The first-order valence-corrected chi connectivity index (χ1v) is 5.49. The van der Waals surface area contributed by atoms with Crippen LogP contribution in [0.5, 0.6) is 5.75 Å². The Kier molecular flexibility index (Phi) is 3.71. The molecule has 1 rings (SSSR count). The van der Waals surface area contributed by atoms with Crippen molar-refractivity contribution in [2.75, 3.05) is 13.4 Å². The van der Waals surface area contributed by atoms with Crippen LogP contribution in [0.4, 0.5) is 0 Å². The fraction of sp³-hybridized carbons (Fsp3) is 0.200. The zero-order valence-electron chi connectivity index (χ0n) is 7.69. The third kappa shape index (κ3) is 3.42. The van der Waals surface area contributed by atoms with Crippen molar-refractivity contribution in [1.29, 1.82) is 0 Å². The van der Waals surface area contributed by atoms with Gasteiger partial charge in [-0.3, -0.25) is 4.21 Å². The Morgan fingerprint density at radius 1 is 1.31 bits per heavy atom. The molecule has 0 amide bonds. The maximum absolute atomic E-state index is 10.7. The van der Waals surface area contributed by atoms with Gasteiger partial charge in [0, 0.05) is 22.5 Å². The van der Waals surface area contributed by atoms with Gasteiger partial charge < -0.3 is 4.74 Å². The number of ether oxygens (including phenoxy) is 1. The summed E-state index contributed by atoms with van der Waals surface area (Å²) in [5.41, 5.74) is 1.02. The lowest BCUT2D eigenvalue weighted by Crippen LogP contribution is -1.81. The van der Waals surface area contributed by atoms with Crippen molar-refractivity contribution < 1.29 is 8.95 Å². The summed E-state index contributed by atoms with van der Waals surface area (Å²) in [5, 5.41) is 1.65. The molecule has 70 valence electrons. The lowest BCUT2D eigenvalue weighted by atomic mass is 10.2. The highest BCUT2D eigenvalue weighted by atomic mass is 32.2. The van der Waals surface area contributed by atoms with Crippen molar-refractivity contribution >= 4 is 16.9 Å². The lowest BCUT2D eigenvalue weighted by Gasteiger charge is -1.98. The summed E-state index contributed by atoms with van der Waals surface area (Å²) in [6, 6.07) is 7.58. The van der Waals surface area contributed by atoms with Gasteiger partial charge in [-0.1, -0.05) is 12.1 Å². The van der Waals surface area contributed by atoms with Gasteiger partial charge in [0.15, 0.2) is 0 Å². The molecule has 3 heteroatoms. The third-order valence-electron chi connectivity index (χ3n) is 1.57. The molecule has 0 spiro atoms. The van der Waals surface area contributed by atoms with Gasteiger partial charge in [0.2, 0.25) is 0 Å². The van der Waals surface area contributed by atoms with Crippen molar-refractivity contribution in [1.82, 2.24) is 0 Å². The van der Waals surface area contributed by atoms with E-state index in [-0.39, 0.29) is 0 Å². The topological polar surface area (TPSA) is 26.3 Å². The van der Waals surface area contributed by atoms with E-state index in [0.717, 1.165) is 11.3 Å². The molecule has 0 aliphatic rings. The Balaban J connectivity index is 2.75. The smallest absolute Gasteiger partial charge is 0.118 e. The molecule has 0 radical (unpaired) electrons. The van der Waals surface area contributed by atoms with Gasteiger partial charge in [0.1, 0.15) is 5.75 Å². The molecule has 0 saturated carbocycles. The van der Waals surface area contributed by atoms with Crippen molar-refractivity contribution in [2.24, 2.45) is 0 Å². The van der Waals surface area contributed by atoms with E-state index >= 15 is 0 Å². The van der Waals surface area contributed by atoms with Gasteiger partial charge in [0.25, 0.3) is 0 Å². The van der Waals surface area contributed by atoms with Crippen LogP contribution in [0.2, 0.25) is 0 Å². The summed E-state index contributed by atoms with van der Waals surface area (Å²) in [6.45, 7) is 0. The van der Waals surface area contributed by atoms with Crippen LogP contribution in [0.25, 0.3) is 6.08 Å². The van der Waals surface area contributed by atoms with E-state index < -0.39 is 10.8 Å². The SMILES string of the molecule is COc1ccc(/C=C/[S@](C)=O)cc1. The summed E-state index contributed by atoms with van der Waals surface area (Å²) < 4.78 is 15.8. The molecule has 0 fully saturated rings. The second-order valence-electron chi connectivity index (χ2n) is 2.57. The first kappa shape index (κ1) is 9.99. The average Bonchev–Trinajstić information content (AvgIpc) is 2.15. The summed E-state index contributed by atoms with van der Waals surface area (Å²) in [6.07, 6.45) is 3.47. The highest BCUT2D eigenvalue weighted by Gasteiger charge is 1.89. The molecule has 13 heavy (non-hydrogen) atoms. The molecule has 1 atom stereocenters. The fourth-order valence-electron chi connectivity index (χ4n) is 0.889. The van der Waals surface area contributed by atoms with Crippen molar-refractivity contribution in [3.8, 4) is 5.75 Å². The molecule has 0 aliphatic heterocycles. The number of rotatable bonds is 3. The molecular formula is C10H12O2S. The normalized spacial score (nSPS) is 13.1. The van der Waals surface area contributed by atoms with Crippen LogP contribution in [-0.2, 0) is 10.8 Å². The predicted octanol–water partition coefficient (Wildman–Crippen LogP) is 2.04. The van der Waals surface area contributed by atoms with Crippen LogP contribution in [0.3, 0.4) is 0 Å². The van der Waals surface area contributed by atoms with Gasteiger partial charge in [-0.25, -0.2) is 0 Å². The second kappa shape index (κ2) is 4.82. The standard InChI is InChI=1S/C10H12O2S/c1-12-10-5-3-9(4-6-10)7-8-13(2)11/h3-8H,1-2H3/b8-7+/t13-/m0/s1. The van der Waals surface area contributed by atoms with Crippen LogP contribution in [0.15, 0.2) is 29.7 Å². The van der Waals surface area contributed by atoms with Crippen molar-refractivity contribution in [3.63, 3.8) is 0 Å². The summed E-state index contributed by atoms with van der Waals surface area (Å²) in [7, 11) is 0.746. The van der Waals surface area contributed by atoms with E-state index in [1.807, 2.05) is 30.3 Å². The summed E-state index contributed by atoms with van der Waals surface area (Å²) in [5.74, 6) is 0.828. The van der Waals surface area contributed by atoms with Gasteiger partial charge in [-0.05, 0) is 23.8 Å². The molecule has 0 unspecified atom stereocenters. The first-order valence-electron chi connectivity index (χ1n) is 3.87. The molecule has 0 aromatic heterocycles. The highest BCUT2D eigenvalue weighted by molar-refractivity contribution is 7.87. The molecule has 0 bridgehead atoms. The molecule has 2 nitrogen and oxygen atoms in total. The summed E-state index contributed by atoms with van der Waals surface area (Å²) in [4.78, 5) is 0. The van der Waals surface area contributed by atoms with Gasteiger partial charge >= 0.3 is 0 Å². The quantitative estimate of drug-likeness (QED) is 0.739. The number of methoxy groups -OCH3 is 1.